The minimum Gasteiger partial charge on any atom is -0.341 e. The molecule has 2 aromatic heterocycles. The molecule has 6 nitrogen and oxygen atoms in total. The smallest absolute Gasteiger partial charge is 0.242 e. The monoisotopic (exact) mass is 377 g/mol. The number of pyridine rings is 1. The minimum absolute atomic E-state index is 0.156. The molecule has 3 aromatic rings. The van der Waals surface area contributed by atoms with Gasteiger partial charge in [0.25, 0.3) is 0 Å². The predicted octanol–water partition coefficient (Wildman–Crippen LogP) is 2.90. The van der Waals surface area contributed by atoms with E-state index in [-0.39, 0.29) is 5.91 Å². The SMILES string of the molecule is CN(C)C[C@@H]1CCCN(C(=O)Cn2c(-c3ccccn3)nc3ccccc32)C1. The van der Waals surface area contributed by atoms with Crippen LogP contribution in [0, 0.1) is 5.92 Å². The van der Waals surface area contributed by atoms with E-state index in [1.165, 1.54) is 6.42 Å². The van der Waals surface area contributed by atoms with E-state index in [0.717, 1.165) is 48.6 Å². The number of rotatable bonds is 5. The molecule has 1 aromatic carbocycles. The van der Waals surface area contributed by atoms with E-state index in [2.05, 4.69) is 24.0 Å². The summed E-state index contributed by atoms with van der Waals surface area (Å²) in [6.45, 7) is 2.99. The second-order valence-corrected chi connectivity index (χ2v) is 7.84. The maximum absolute atomic E-state index is 13.2. The molecule has 0 unspecified atom stereocenters. The van der Waals surface area contributed by atoms with Crippen molar-refractivity contribution in [3.8, 4) is 11.5 Å². The average Bonchev–Trinajstić information content (AvgIpc) is 3.07. The normalized spacial score (nSPS) is 17.4. The summed E-state index contributed by atoms with van der Waals surface area (Å²) in [5.74, 6) is 1.45. The van der Waals surface area contributed by atoms with E-state index in [9.17, 15) is 4.79 Å². The van der Waals surface area contributed by atoms with Gasteiger partial charge in [0, 0.05) is 25.8 Å². The van der Waals surface area contributed by atoms with Gasteiger partial charge >= 0.3 is 0 Å². The molecular formula is C22H27N5O. The number of carbonyl (C=O) groups is 1. The van der Waals surface area contributed by atoms with Crippen molar-refractivity contribution in [3.05, 3.63) is 48.7 Å². The van der Waals surface area contributed by atoms with Crippen LogP contribution in [0.3, 0.4) is 0 Å². The van der Waals surface area contributed by atoms with Crippen LogP contribution in [0.5, 0.6) is 0 Å². The zero-order valence-corrected chi connectivity index (χ0v) is 16.6. The first kappa shape index (κ1) is 18.6. The molecule has 1 aliphatic heterocycles. The van der Waals surface area contributed by atoms with Crippen molar-refractivity contribution < 1.29 is 4.79 Å². The molecule has 4 rings (SSSR count). The molecule has 28 heavy (non-hydrogen) atoms. The lowest BCUT2D eigenvalue weighted by atomic mass is 9.97. The Labute approximate surface area is 165 Å². The topological polar surface area (TPSA) is 54.3 Å². The Morgan fingerprint density at radius 1 is 1.18 bits per heavy atom. The van der Waals surface area contributed by atoms with E-state index in [1.807, 2.05) is 51.9 Å². The van der Waals surface area contributed by atoms with Crippen molar-refractivity contribution in [2.24, 2.45) is 5.92 Å². The second kappa shape index (κ2) is 8.10. The van der Waals surface area contributed by atoms with Gasteiger partial charge < -0.3 is 14.4 Å². The quantitative estimate of drug-likeness (QED) is 0.686. The second-order valence-electron chi connectivity index (χ2n) is 7.84. The number of para-hydroxylation sites is 2. The van der Waals surface area contributed by atoms with E-state index in [4.69, 9.17) is 4.98 Å². The number of carbonyl (C=O) groups excluding carboxylic acids is 1. The van der Waals surface area contributed by atoms with Crippen molar-refractivity contribution >= 4 is 16.9 Å². The van der Waals surface area contributed by atoms with Crippen molar-refractivity contribution in [1.82, 2.24) is 24.3 Å². The number of piperidine rings is 1. The number of amides is 1. The fourth-order valence-corrected chi connectivity index (χ4v) is 4.12. The lowest BCUT2D eigenvalue weighted by molar-refractivity contribution is -0.133. The molecule has 0 N–H and O–H groups in total. The first-order chi connectivity index (χ1) is 13.6. The van der Waals surface area contributed by atoms with Gasteiger partial charge in [-0.3, -0.25) is 9.78 Å². The summed E-state index contributed by atoms with van der Waals surface area (Å²) in [6.07, 6.45) is 4.02. The fourth-order valence-electron chi connectivity index (χ4n) is 4.12. The van der Waals surface area contributed by atoms with Gasteiger partial charge in [-0.15, -0.1) is 0 Å². The first-order valence-electron chi connectivity index (χ1n) is 9.91. The van der Waals surface area contributed by atoms with Gasteiger partial charge in [-0.2, -0.15) is 0 Å². The summed E-state index contributed by atoms with van der Waals surface area (Å²) in [5, 5.41) is 0. The summed E-state index contributed by atoms with van der Waals surface area (Å²) < 4.78 is 2.01. The van der Waals surface area contributed by atoms with Crippen molar-refractivity contribution in [1.29, 1.82) is 0 Å². The van der Waals surface area contributed by atoms with Crippen LogP contribution < -0.4 is 0 Å². The van der Waals surface area contributed by atoms with Crippen molar-refractivity contribution in [2.75, 3.05) is 33.7 Å². The molecule has 1 fully saturated rings. The van der Waals surface area contributed by atoms with Crippen LogP contribution in [0.15, 0.2) is 48.7 Å². The Balaban J connectivity index is 1.61. The highest BCUT2D eigenvalue weighted by molar-refractivity contribution is 5.84. The summed E-state index contributed by atoms with van der Waals surface area (Å²) in [5.41, 5.74) is 2.65. The Bertz CT molecular complexity index is 950. The molecule has 1 atom stereocenters. The summed E-state index contributed by atoms with van der Waals surface area (Å²) in [7, 11) is 4.19. The lowest BCUT2D eigenvalue weighted by Crippen LogP contribution is -2.44. The van der Waals surface area contributed by atoms with Gasteiger partial charge in [0.2, 0.25) is 5.91 Å². The van der Waals surface area contributed by atoms with Crippen LogP contribution >= 0.6 is 0 Å². The average molecular weight is 377 g/mol. The van der Waals surface area contributed by atoms with Crippen LogP contribution in [0.2, 0.25) is 0 Å². The minimum atomic E-state index is 0.156. The van der Waals surface area contributed by atoms with Crippen LogP contribution in [-0.4, -0.2) is 64.0 Å². The van der Waals surface area contributed by atoms with Gasteiger partial charge in [-0.25, -0.2) is 4.98 Å². The van der Waals surface area contributed by atoms with Gasteiger partial charge in [0.05, 0.1) is 11.0 Å². The molecule has 3 heterocycles. The molecular weight excluding hydrogens is 350 g/mol. The fraction of sp³-hybridized carbons (Fsp3) is 0.409. The third kappa shape index (κ3) is 3.92. The van der Waals surface area contributed by atoms with Gasteiger partial charge in [-0.05, 0) is 57.1 Å². The van der Waals surface area contributed by atoms with Crippen LogP contribution in [0.25, 0.3) is 22.6 Å². The van der Waals surface area contributed by atoms with E-state index in [0.29, 0.717) is 12.5 Å². The maximum atomic E-state index is 13.2. The molecule has 0 bridgehead atoms. The number of hydrogen-bond acceptors (Lipinski definition) is 4. The van der Waals surface area contributed by atoms with Crippen molar-refractivity contribution in [2.45, 2.75) is 19.4 Å². The molecule has 0 spiro atoms. The molecule has 146 valence electrons. The molecule has 0 saturated carbocycles. The molecule has 0 radical (unpaired) electrons. The first-order valence-corrected chi connectivity index (χ1v) is 9.91. The van der Waals surface area contributed by atoms with Gasteiger partial charge in [-0.1, -0.05) is 18.2 Å². The largest absolute Gasteiger partial charge is 0.341 e. The zero-order chi connectivity index (χ0) is 19.5. The van der Waals surface area contributed by atoms with E-state index in [1.54, 1.807) is 6.20 Å². The Morgan fingerprint density at radius 3 is 2.79 bits per heavy atom. The Morgan fingerprint density at radius 2 is 2.00 bits per heavy atom. The third-order valence-electron chi connectivity index (χ3n) is 5.34. The zero-order valence-electron chi connectivity index (χ0n) is 16.6. The number of fused-ring (bicyclic) bond motifs is 1. The lowest BCUT2D eigenvalue weighted by Gasteiger charge is -2.34. The number of hydrogen-bond donors (Lipinski definition) is 0. The summed E-state index contributed by atoms with van der Waals surface area (Å²) >= 11 is 0. The van der Waals surface area contributed by atoms with Crippen LogP contribution in [-0.2, 0) is 11.3 Å². The third-order valence-corrected chi connectivity index (χ3v) is 5.34. The number of likely N-dealkylation sites (tertiary alicyclic amines) is 1. The van der Waals surface area contributed by atoms with Crippen LogP contribution in [0.4, 0.5) is 0 Å². The standard InChI is InChI=1S/C22H27N5O/c1-25(2)14-17-8-7-13-26(15-17)21(28)16-27-20-11-4-3-9-18(20)24-22(27)19-10-5-6-12-23-19/h3-6,9-12,17H,7-8,13-16H2,1-2H3/t17-/m0/s1. The van der Waals surface area contributed by atoms with Crippen molar-refractivity contribution in [3.63, 3.8) is 0 Å². The van der Waals surface area contributed by atoms with E-state index >= 15 is 0 Å². The maximum Gasteiger partial charge on any atom is 0.242 e. The Hall–Kier alpha value is -2.73. The number of nitrogens with zero attached hydrogens (tertiary/aromatic N) is 5. The number of benzene rings is 1. The molecule has 0 aliphatic carbocycles. The molecule has 1 aliphatic rings. The summed E-state index contributed by atoms with van der Waals surface area (Å²) in [4.78, 5) is 26.6. The number of imidazole rings is 1. The van der Waals surface area contributed by atoms with E-state index < -0.39 is 0 Å². The highest BCUT2D eigenvalue weighted by Crippen LogP contribution is 2.24. The van der Waals surface area contributed by atoms with Gasteiger partial charge in [0.1, 0.15) is 12.2 Å². The molecule has 6 heteroatoms. The molecule has 1 saturated heterocycles. The Kier molecular flexibility index (Phi) is 5.39. The highest BCUT2D eigenvalue weighted by Gasteiger charge is 2.25. The summed E-state index contributed by atoms with van der Waals surface area (Å²) in [6, 6.07) is 13.7. The number of aromatic nitrogens is 3. The predicted molar refractivity (Wildman–Crippen MR) is 111 cm³/mol. The molecule has 1 amide bonds. The highest BCUT2D eigenvalue weighted by atomic mass is 16.2. The van der Waals surface area contributed by atoms with Crippen LogP contribution in [0.1, 0.15) is 12.8 Å². The van der Waals surface area contributed by atoms with Gasteiger partial charge in [0.15, 0.2) is 5.82 Å².